The second kappa shape index (κ2) is 5.59. The lowest BCUT2D eigenvalue weighted by atomic mass is 10.2. The van der Waals surface area contributed by atoms with Crippen molar-refractivity contribution < 1.29 is 8.42 Å². The molecule has 0 saturated heterocycles. The van der Waals surface area contributed by atoms with E-state index in [-0.39, 0.29) is 4.90 Å². The van der Waals surface area contributed by atoms with Gasteiger partial charge in [-0.3, -0.25) is 4.72 Å². The first-order valence-electron chi connectivity index (χ1n) is 5.30. The van der Waals surface area contributed by atoms with E-state index in [2.05, 4.69) is 27.3 Å². The number of benzene rings is 2. The molecule has 2 aromatic rings. The summed E-state index contributed by atoms with van der Waals surface area (Å²) in [4.78, 5) is 0.206. The molecule has 0 unspecified atom stereocenters. The fourth-order valence-electron chi connectivity index (χ4n) is 1.44. The highest BCUT2D eigenvalue weighted by atomic mass is 127. The van der Waals surface area contributed by atoms with E-state index in [9.17, 15) is 8.42 Å². The van der Waals surface area contributed by atoms with Gasteiger partial charge in [0.1, 0.15) is 0 Å². The second-order valence-corrected chi connectivity index (χ2v) is 6.68. The van der Waals surface area contributed by atoms with Gasteiger partial charge in [0.15, 0.2) is 0 Å². The van der Waals surface area contributed by atoms with Crippen molar-refractivity contribution in [2.75, 3.05) is 4.72 Å². The highest BCUT2D eigenvalue weighted by molar-refractivity contribution is 14.1. The Balaban J connectivity index is 2.26. The Morgan fingerprint density at radius 3 is 2.11 bits per heavy atom. The van der Waals surface area contributed by atoms with E-state index in [0.717, 1.165) is 3.57 Å². The fourth-order valence-corrected chi connectivity index (χ4v) is 2.86. The molecule has 0 atom stereocenters. The van der Waals surface area contributed by atoms with Crippen LogP contribution in [0.15, 0.2) is 53.4 Å². The Labute approximate surface area is 125 Å². The third kappa shape index (κ3) is 3.45. The van der Waals surface area contributed by atoms with E-state index in [1.54, 1.807) is 48.5 Å². The Kier molecular flexibility index (Phi) is 4.07. The van der Waals surface area contributed by atoms with Gasteiger partial charge in [0.05, 0.1) is 16.5 Å². The predicted molar refractivity (Wildman–Crippen MR) is 81.1 cm³/mol. The number of hydrogen-bond donors (Lipinski definition) is 1. The lowest BCUT2D eigenvalue weighted by molar-refractivity contribution is 0.601. The molecule has 0 radical (unpaired) electrons. The molecule has 2 rings (SSSR count). The maximum absolute atomic E-state index is 12.1. The molecule has 6 heteroatoms. The lowest BCUT2D eigenvalue weighted by Crippen LogP contribution is -2.12. The van der Waals surface area contributed by atoms with Crippen LogP contribution in [0.3, 0.4) is 0 Å². The average molecular weight is 384 g/mol. The maximum atomic E-state index is 12.1. The number of nitrogens with one attached hydrogen (secondary N) is 1. The topological polar surface area (TPSA) is 70.0 Å². The summed E-state index contributed by atoms with van der Waals surface area (Å²) < 4.78 is 27.6. The minimum atomic E-state index is -3.59. The van der Waals surface area contributed by atoms with Crippen LogP contribution >= 0.6 is 22.6 Å². The van der Waals surface area contributed by atoms with Crippen LogP contribution in [0.4, 0.5) is 5.69 Å². The quantitative estimate of drug-likeness (QED) is 0.828. The van der Waals surface area contributed by atoms with Gasteiger partial charge < -0.3 is 0 Å². The Bertz CT molecular complexity index is 717. The predicted octanol–water partition coefficient (Wildman–Crippen LogP) is 2.96. The Morgan fingerprint density at radius 2 is 1.58 bits per heavy atom. The highest BCUT2D eigenvalue weighted by Gasteiger charge is 2.13. The monoisotopic (exact) mass is 384 g/mol. The normalized spacial score (nSPS) is 10.7. The third-order valence-corrected chi connectivity index (χ3v) is 4.51. The van der Waals surface area contributed by atoms with Crippen molar-refractivity contribution in [1.82, 2.24) is 0 Å². The Hall–Kier alpha value is -1.59. The standard InChI is InChI=1S/C13H9IN2O2S/c14-11-3-7-13(8-4-11)19(17,18)16-12-5-1-10(9-15)2-6-12/h1-8,16H. The van der Waals surface area contributed by atoms with Crippen molar-refractivity contribution in [3.63, 3.8) is 0 Å². The largest absolute Gasteiger partial charge is 0.280 e. The molecule has 0 aromatic heterocycles. The van der Waals surface area contributed by atoms with Crippen molar-refractivity contribution in [1.29, 1.82) is 5.26 Å². The zero-order valence-electron chi connectivity index (χ0n) is 9.67. The fraction of sp³-hybridized carbons (Fsp3) is 0. The summed E-state index contributed by atoms with van der Waals surface area (Å²) >= 11 is 2.11. The molecule has 4 nitrogen and oxygen atoms in total. The third-order valence-electron chi connectivity index (χ3n) is 2.39. The van der Waals surface area contributed by atoms with Gasteiger partial charge in [-0.25, -0.2) is 8.42 Å². The average Bonchev–Trinajstić information content (AvgIpc) is 2.40. The number of nitriles is 1. The Morgan fingerprint density at radius 1 is 1.00 bits per heavy atom. The molecule has 0 bridgehead atoms. The van der Waals surface area contributed by atoms with Crippen LogP contribution < -0.4 is 4.72 Å². The van der Waals surface area contributed by atoms with Crippen LogP contribution in [-0.4, -0.2) is 8.42 Å². The van der Waals surface area contributed by atoms with Gasteiger partial charge in [-0.05, 0) is 71.1 Å². The van der Waals surface area contributed by atoms with Crippen molar-refractivity contribution in [3.05, 3.63) is 57.7 Å². The van der Waals surface area contributed by atoms with Gasteiger partial charge in [0, 0.05) is 9.26 Å². The zero-order valence-corrected chi connectivity index (χ0v) is 12.6. The van der Waals surface area contributed by atoms with Crippen molar-refractivity contribution in [2.24, 2.45) is 0 Å². The molecule has 0 spiro atoms. The number of nitrogens with zero attached hydrogens (tertiary/aromatic N) is 1. The van der Waals surface area contributed by atoms with E-state index in [1.165, 1.54) is 0 Å². The van der Waals surface area contributed by atoms with Crippen LogP contribution in [0.1, 0.15) is 5.56 Å². The van der Waals surface area contributed by atoms with E-state index in [0.29, 0.717) is 11.3 Å². The highest BCUT2D eigenvalue weighted by Crippen LogP contribution is 2.17. The maximum Gasteiger partial charge on any atom is 0.261 e. The zero-order chi connectivity index (χ0) is 13.9. The SMILES string of the molecule is N#Cc1ccc(NS(=O)(=O)c2ccc(I)cc2)cc1. The van der Waals surface area contributed by atoms with Crippen molar-refractivity contribution >= 4 is 38.3 Å². The summed E-state index contributed by atoms with van der Waals surface area (Å²) in [6.45, 7) is 0. The minimum Gasteiger partial charge on any atom is -0.280 e. The smallest absolute Gasteiger partial charge is 0.261 e. The summed E-state index contributed by atoms with van der Waals surface area (Å²) in [6, 6.07) is 14.8. The summed E-state index contributed by atoms with van der Waals surface area (Å²) in [6.07, 6.45) is 0. The molecule has 2 aromatic carbocycles. The lowest BCUT2D eigenvalue weighted by Gasteiger charge is -2.08. The molecule has 0 heterocycles. The molecule has 96 valence electrons. The molecule has 0 aliphatic rings. The minimum absolute atomic E-state index is 0.206. The van der Waals surface area contributed by atoms with Gasteiger partial charge in [-0.1, -0.05) is 0 Å². The summed E-state index contributed by atoms with van der Waals surface area (Å²) in [5.74, 6) is 0. The number of hydrogen-bond acceptors (Lipinski definition) is 3. The second-order valence-electron chi connectivity index (χ2n) is 3.75. The van der Waals surface area contributed by atoms with Crippen LogP contribution in [0.25, 0.3) is 0 Å². The van der Waals surface area contributed by atoms with Gasteiger partial charge in [-0.15, -0.1) is 0 Å². The molecule has 0 amide bonds. The van der Waals surface area contributed by atoms with E-state index >= 15 is 0 Å². The first kappa shape index (κ1) is 13.8. The number of anilines is 1. The van der Waals surface area contributed by atoms with E-state index in [4.69, 9.17) is 5.26 Å². The molecule has 0 aliphatic heterocycles. The van der Waals surface area contributed by atoms with Crippen LogP contribution in [0.2, 0.25) is 0 Å². The van der Waals surface area contributed by atoms with Crippen LogP contribution in [-0.2, 0) is 10.0 Å². The molecule has 1 N–H and O–H groups in total. The molecular formula is C13H9IN2O2S. The van der Waals surface area contributed by atoms with Gasteiger partial charge >= 0.3 is 0 Å². The van der Waals surface area contributed by atoms with Crippen LogP contribution in [0, 0.1) is 14.9 Å². The van der Waals surface area contributed by atoms with E-state index in [1.807, 2.05) is 6.07 Å². The molecular weight excluding hydrogens is 375 g/mol. The van der Waals surface area contributed by atoms with Gasteiger partial charge in [0.2, 0.25) is 0 Å². The first-order chi connectivity index (χ1) is 9.01. The van der Waals surface area contributed by atoms with E-state index < -0.39 is 10.0 Å². The number of rotatable bonds is 3. The summed E-state index contributed by atoms with van der Waals surface area (Å²) in [5.41, 5.74) is 0.912. The molecule has 0 aliphatic carbocycles. The number of halogens is 1. The molecule has 19 heavy (non-hydrogen) atoms. The van der Waals surface area contributed by atoms with Crippen LogP contribution in [0.5, 0.6) is 0 Å². The van der Waals surface area contributed by atoms with Gasteiger partial charge in [-0.2, -0.15) is 5.26 Å². The number of sulfonamides is 1. The summed E-state index contributed by atoms with van der Waals surface area (Å²) in [5, 5.41) is 8.68. The molecule has 0 saturated carbocycles. The van der Waals surface area contributed by atoms with Gasteiger partial charge in [0.25, 0.3) is 10.0 Å². The first-order valence-corrected chi connectivity index (χ1v) is 7.86. The van der Waals surface area contributed by atoms with Crippen molar-refractivity contribution in [2.45, 2.75) is 4.90 Å². The summed E-state index contributed by atoms with van der Waals surface area (Å²) in [7, 11) is -3.59. The molecule has 0 fully saturated rings. The van der Waals surface area contributed by atoms with Crippen molar-refractivity contribution in [3.8, 4) is 6.07 Å².